The molecular weight excluding hydrogens is 286 g/mol. The van der Waals surface area contributed by atoms with E-state index in [-0.39, 0.29) is 5.92 Å². The van der Waals surface area contributed by atoms with Gasteiger partial charge in [0.1, 0.15) is 0 Å². The monoisotopic (exact) mass is 309 g/mol. The van der Waals surface area contributed by atoms with Crippen LogP contribution in [0.25, 0.3) is 0 Å². The minimum Gasteiger partial charge on any atom is -0.340 e. The lowest BCUT2D eigenvalue weighted by Gasteiger charge is -2.36. The van der Waals surface area contributed by atoms with Crippen molar-refractivity contribution in [2.45, 2.75) is 25.8 Å². The van der Waals surface area contributed by atoms with Crippen LogP contribution in [0.5, 0.6) is 0 Å². The Hall–Kier alpha value is -2.12. The highest BCUT2D eigenvalue weighted by Crippen LogP contribution is 2.21. The van der Waals surface area contributed by atoms with E-state index in [4.69, 9.17) is 5.26 Å². The number of piperazine rings is 1. The maximum absolute atomic E-state index is 12.5. The third kappa shape index (κ3) is 4.00. The molecular formula is C19H23N3O. The Morgan fingerprint density at radius 2 is 1.87 bits per heavy atom. The number of allylic oxidation sites excluding steroid dienone is 2. The Morgan fingerprint density at radius 1 is 1.13 bits per heavy atom. The van der Waals surface area contributed by atoms with Gasteiger partial charge in [-0.25, -0.2) is 0 Å². The highest BCUT2D eigenvalue weighted by molar-refractivity contribution is 5.79. The van der Waals surface area contributed by atoms with Crippen LogP contribution >= 0.6 is 0 Å². The van der Waals surface area contributed by atoms with Crippen molar-refractivity contribution in [3.05, 3.63) is 47.5 Å². The number of rotatable bonds is 3. The number of hydrogen-bond acceptors (Lipinski definition) is 3. The van der Waals surface area contributed by atoms with Gasteiger partial charge >= 0.3 is 0 Å². The van der Waals surface area contributed by atoms with Crippen molar-refractivity contribution in [3.63, 3.8) is 0 Å². The fourth-order valence-corrected chi connectivity index (χ4v) is 3.35. The van der Waals surface area contributed by atoms with Crippen LogP contribution in [0.15, 0.2) is 36.4 Å². The second-order valence-corrected chi connectivity index (χ2v) is 6.39. The molecule has 1 amide bonds. The van der Waals surface area contributed by atoms with Gasteiger partial charge in [0.25, 0.3) is 0 Å². The summed E-state index contributed by atoms with van der Waals surface area (Å²) in [5.41, 5.74) is 1.92. The Bertz CT molecular complexity index is 606. The molecule has 1 heterocycles. The van der Waals surface area contributed by atoms with Crippen molar-refractivity contribution in [1.82, 2.24) is 9.80 Å². The van der Waals surface area contributed by atoms with Crippen LogP contribution < -0.4 is 0 Å². The van der Waals surface area contributed by atoms with Crippen LogP contribution in [0.1, 0.15) is 30.4 Å². The van der Waals surface area contributed by atoms with Crippen LogP contribution in [-0.4, -0.2) is 41.9 Å². The maximum Gasteiger partial charge on any atom is 0.226 e. The highest BCUT2D eigenvalue weighted by atomic mass is 16.2. The zero-order valence-electron chi connectivity index (χ0n) is 13.4. The average molecular weight is 309 g/mol. The number of carbonyl (C=O) groups excluding carboxylic acids is 1. The maximum atomic E-state index is 12.5. The van der Waals surface area contributed by atoms with E-state index in [9.17, 15) is 4.79 Å². The lowest BCUT2D eigenvalue weighted by Crippen LogP contribution is -2.50. The van der Waals surface area contributed by atoms with Gasteiger partial charge in [-0.3, -0.25) is 9.69 Å². The summed E-state index contributed by atoms with van der Waals surface area (Å²) in [6, 6.07) is 9.91. The summed E-state index contributed by atoms with van der Waals surface area (Å²) in [6.45, 7) is 4.40. The molecule has 0 radical (unpaired) electrons. The largest absolute Gasteiger partial charge is 0.340 e. The van der Waals surface area contributed by atoms with Gasteiger partial charge in [0, 0.05) is 38.6 Å². The van der Waals surface area contributed by atoms with Crippen LogP contribution in [0.4, 0.5) is 0 Å². The van der Waals surface area contributed by atoms with E-state index < -0.39 is 0 Å². The van der Waals surface area contributed by atoms with Gasteiger partial charge in [0.2, 0.25) is 5.91 Å². The van der Waals surface area contributed by atoms with Crippen molar-refractivity contribution in [2.75, 3.05) is 26.2 Å². The van der Waals surface area contributed by atoms with Crippen molar-refractivity contribution in [1.29, 1.82) is 5.26 Å². The first-order valence-electron chi connectivity index (χ1n) is 8.41. The molecule has 23 heavy (non-hydrogen) atoms. The fourth-order valence-electron chi connectivity index (χ4n) is 3.35. The van der Waals surface area contributed by atoms with E-state index in [0.29, 0.717) is 11.5 Å². The molecule has 0 spiro atoms. The van der Waals surface area contributed by atoms with Crippen LogP contribution in [0.2, 0.25) is 0 Å². The van der Waals surface area contributed by atoms with Gasteiger partial charge in [0.05, 0.1) is 11.6 Å². The van der Waals surface area contributed by atoms with E-state index in [2.05, 4.69) is 23.1 Å². The van der Waals surface area contributed by atoms with Gasteiger partial charge in [-0.2, -0.15) is 5.26 Å². The quantitative estimate of drug-likeness (QED) is 0.806. The van der Waals surface area contributed by atoms with E-state index in [1.54, 1.807) is 0 Å². The first kappa shape index (κ1) is 15.8. The van der Waals surface area contributed by atoms with Gasteiger partial charge in [-0.1, -0.05) is 24.3 Å². The van der Waals surface area contributed by atoms with Crippen molar-refractivity contribution >= 4 is 5.91 Å². The smallest absolute Gasteiger partial charge is 0.226 e. The average Bonchev–Trinajstić information content (AvgIpc) is 2.63. The van der Waals surface area contributed by atoms with Crippen molar-refractivity contribution in [2.24, 2.45) is 5.92 Å². The molecule has 1 aliphatic heterocycles. The fraction of sp³-hybridized carbons (Fsp3) is 0.474. The lowest BCUT2D eigenvalue weighted by atomic mass is 9.93. The Balaban J connectivity index is 1.49. The molecule has 0 bridgehead atoms. The highest BCUT2D eigenvalue weighted by Gasteiger charge is 2.27. The zero-order chi connectivity index (χ0) is 16.1. The molecule has 3 rings (SSSR count). The number of hydrogen-bond donors (Lipinski definition) is 0. The number of amides is 1. The number of carbonyl (C=O) groups is 1. The molecule has 1 aliphatic carbocycles. The van der Waals surface area contributed by atoms with Crippen molar-refractivity contribution < 1.29 is 4.79 Å². The molecule has 0 saturated carbocycles. The zero-order valence-corrected chi connectivity index (χ0v) is 13.4. The van der Waals surface area contributed by atoms with E-state index in [1.165, 1.54) is 5.56 Å². The van der Waals surface area contributed by atoms with Crippen molar-refractivity contribution in [3.8, 4) is 6.07 Å². The predicted molar refractivity (Wildman–Crippen MR) is 89.5 cm³/mol. The Kier molecular flexibility index (Phi) is 5.09. The Morgan fingerprint density at radius 3 is 2.48 bits per heavy atom. The summed E-state index contributed by atoms with van der Waals surface area (Å²) >= 11 is 0. The predicted octanol–water partition coefficient (Wildman–Crippen LogP) is 2.56. The number of nitrogens with zero attached hydrogens (tertiary/aromatic N) is 3. The van der Waals surface area contributed by atoms with E-state index >= 15 is 0 Å². The van der Waals surface area contributed by atoms with Crippen LogP contribution in [0, 0.1) is 17.2 Å². The third-order valence-corrected chi connectivity index (χ3v) is 4.79. The number of nitriles is 1. The Labute approximate surface area is 138 Å². The summed E-state index contributed by atoms with van der Waals surface area (Å²) in [4.78, 5) is 17.0. The molecule has 2 aliphatic rings. The molecule has 4 nitrogen and oxygen atoms in total. The van der Waals surface area contributed by atoms with Crippen LogP contribution in [-0.2, 0) is 11.3 Å². The molecule has 1 saturated heterocycles. The number of benzene rings is 1. The van der Waals surface area contributed by atoms with Gasteiger partial charge < -0.3 is 4.90 Å². The van der Waals surface area contributed by atoms with Gasteiger partial charge in [-0.15, -0.1) is 0 Å². The standard InChI is InChI=1S/C19H23N3O/c20-14-16-6-8-17(9-7-16)15-21-10-12-22(13-11-21)19(23)18-4-2-1-3-5-18/h1-2,6-9,18H,3-5,10-13,15H2/t18-/m0/s1. The minimum absolute atomic E-state index is 0.199. The van der Waals surface area contributed by atoms with E-state index in [1.807, 2.05) is 29.2 Å². The second kappa shape index (κ2) is 7.43. The lowest BCUT2D eigenvalue weighted by molar-refractivity contribution is -0.137. The summed E-state index contributed by atoms with van der Waals surface area (Å²) in [6.07, 6.45) is 7.27. The first-order valence-corrected chi connectivity index (χ1v) is 8.41. The third-order valence-electron chi connectivity index (χ3n) is 4.79. The summed E-state index contributed by atoms with van der Waals surface area (Å²) in [5, 5.41) is 8.84. The molecule has 1 aromatic rings. The normalized spacial score (nSPS) is 21.9. The molecule has 120 valence electrons. The van der Waals surface area contributed by atoms with Gasteiger partial charge in [-0.05, 0) is 37.0 Å². The molecule has 0 aromatic heterocycles. The van der Waals surface area contributed by atoms with Gasteiger partial charge in [0.15, 0.2) is 0 Å². The molecule has 4 heteroatoms. The van der Waals surface area contributed by atoms with Crippen LogP contribution in [0.3, 0.4) is 0 Å². The summed E-state index contributed by atoms with van der Waals surface area (Å²) in [5.74, 6) is 0.539. The summed E-state index contributed by atoms with van der Waals surface area (Å²) < 4.78 is 0. The molecule has 1 fully saturated rings. The summed E-state index contributed by atoms with van der Waals surface area (Å²) in [7, 11) is 0. The second-order valence-electron chi connectivity index (χ2n) is 6.39. The van der Waals surface area contributed by atoms with E-state index in [0.717, 1.165) is 52.0 Å². The molecule has 0 unspecified atom stereocenters. The SMILES string of the molecule is N#Cc1ccc(CN2CCN(C(=O)[C@H]3CC=CCC3)CC2)cc1. The molecule has 0 N–H and O–H groups in total. The first-order chi connectivity index (χ1) is 11.3. The molecule has 1 atom stereocenters. The molecule has 1 aromatic carbocycles. The minimum atomic E-state index is 0.199. The topological polar surface area (TPSA) is 47.3 Å².